The van der Waals surface area contributed by atoms with E-state index in [1.54, 1.807) is 48.6 Å². The molecule has 5 rings (SSSR count). The molecular formula is C28H25Cl3N2O5. The average Bonchev–Trinajstić information content (AvgIpc) is 3.42. The summed E-state index contributed by atoms with van der Waals surface area (Å²) < 4.78 is 11.5. The predicted molar refractivity (Wildman–Crippen MR) is 147 cm³/mol. The Labute approximate surface area is 235 Å². The maximum atomic E-state index is 13.8. The minimum atomic E-state index is -1.04. The molecule has 0 spiro atoms. The SMILES string of the molecule is CCCCOc1ccc([C@H]2[C@@H]3C(=O)N(c4ccc(Cl)c(Cl)c4)C(=O)[C@H]3ON2c2ccc(Cl)cc2)cc1OC. The Morgan fingerprint density at radius 2 is 1.61 bits per heavy atom. The number of fused-ring (bicyclic) bond motifs is 1. The van der Waals surface area contributed by atoms with Crippen molar-refractivity contribution < 1.29 is 23.9 Å². The Balaban J connectivity index is 1.55. The number of hydrogen-bond acceptors (Lipinski definition) is 6. The van der Waals surface area contributed by atoms with Crippen molar-refractivity contribution in [3.63, 3.8) is 0 Å². The van der Waals surface area contributed by atoms with Gasteiger partial charge in [0.05, 0.1) is 41.2 Å². The molecule has 3 aromatic carbocycles. The summed E-state index contributed by atoms with van der Waals surface area (Å²) in [6, 6.07) is 16.5. The lowest BCUT2D eigenvalue weighted by Gasteiger charge is -2.29. The lowest BCUT2D eigenvalue weighted by atomic mass is 9.90. The molecule has 0 radical (unpaired) electrons. The Kier molecular flexibility index (Phi) is 7.73. The van der Waals surface area contributed by atoms with Crippen molar-refractivity contribution in [2.24, 2.45) is 5.92 Å². The van der Waals surface area contributed by atoms with Crippen molar-refractivity contribution in [3.05, 3.63) is 81.3 Å². The van der Waals surface area contributed by atoms with Crippen LogP contribution >= 0.6 is 34.8 Å². The molecule has 198 valence electrons. The molecule has 2 heterocycles. The summed E-state index contributed by atoms with van der Waals surface area (Å²) in [5.41, 5.74) is 1.71. The van der Waals surface area contributed by atoms with Gasteiger partial charge in [-0.2, -0.15) is 0 Å². The summed E-state index contributed by atoms with van der Waals surface area (Å²) >= 11 is 18.3. The van der Waals surface area contributed by atoms with Gasteiger partial charge in [0, 0.05) is 5.02 Å². The van der Waals surface area contributed by atoms with E-state index in [4.69, 9.17) is 49.1 Å². The lowest BCUT2D eigenvalue weighted by Crippen LogP contribution is -2.37. The largest absolute Gasteiger partial charge is 0.493 e. The summed E-state index contributed by atoms with van der Waals surface area (Å²) in [6.07, 6.45) is 0.880. The molecule has 3 aromatic rings. The van der Waals surface area contributed by atoms with E-state index in [-0.39, 0.29) is 5.02 Å². The highest BCUT2D eigenvalue weighted by Gasteiger charge is 2.60. The molecule has 7 nitrogen and oxygen atoms in total. The Bertz CT molecular complexity index is 1370. The maximum absolute atomic E-state index is 13.8. The summed E-state index contributed by atoms with van der Waals surface area (Å²) in [6.45, 7) is 2.65. The van der Waals surface area contributed by atoms with Gasteiger partial charge in [0.2, 0.25) is 5.91 Å². The zero-order valence-corrected chi connectivity index (χ0v) is 23.0. The smallest absolute Gasteiger partial charge is 0.266 e. The topological polar surface area (TPSA) is 68.3 Å². The molecule has 2 aliphatic heterocycles. The van der Waals surface area contributed by atoms with Crippen molar-refractivity contribution in [2.75, 3.05) is 23.7 Å². The predicted octanol–water partition coefficient (Wildman–Crippen LogP) is 6.89. The molecule has 0 saturated carbocycles. The number of carbonyl (C=O) groups is 2. The Hall–Kier alpha value is -2.97. The maximum Gasteiger partial charge on any atom is 0.266 e. The van der Waals surface area contributed by atoms with E-state index in [0.717, 1.165) is 23.3 Å². The molecule has 2 aliphatic rings. The summed E-state index contributed by atoms with van der Waals surface area (Å²) in [4.78, 5) is 34.7. The number of unbranched alkanes of at least 4 members (excludes halogenated alkanes) is 1. The molecule has 10 heteroatoms. The molecule has 2 saturated heterocycles. The second-order valence-electron chi connectivity index (χ2n) is 9.02. The lowest BCUT2D eigenvalue weighted by molar-refractivity contribution is -0.126. The van der Waals surface area contributed by atoms with Crippen molar-refractivity contribution in [1.29, 1.82) is 0 Å². The third-order valence-electron chi connectivity index (χ3n) is 6.64. The van der Waals surface area contributed by atoms with Gasteiger partial charge in [-0.15, -0.1) is 0 Å². The van der Waals surface area contributed by atoms with E-state index < -0.39 is 29.9 Å². The number of methoxy groups -OCH3 is 1. The zero-order chi connectivity index (χ0) is 27.0. The number of ether oxygens (including phenoxy) is 2. The van der Waals surface area contributed by atoms with Gasteiger partial charge < -0.3 is 9.47 Å². The highest BCUT2D eigenvalue weighted by Crippen LogP contribution is 2.49. The van der Waals surface area contributed by atoms with Gasteiger partial charge in [-0.05, 0) is 66.6 Å². The minimum Gasteiger partial charge on any atom is -0.493 e. The first-order chi connectivity index (χ1) is 18.3. The highest BCUT2D eigenvalue weighted by molar-refractivity contribution is 6.42. The number of nitrogens with zero attached hydrogens (tertiary/aromatic N) is 2. The van der Waals surface area contributed by atoms with Gasteiger partial charge in [-0.1, -0.05) is 54.2 Å². The van der Waals surface area contributed by atoms with Crippen LogP contribution in [0, 0.1) is 5.92 Å². The first-order valence-electron chi connectivity index (χ1n) is 12.2. The molecule has 0 N–H and O–H groups in total. The van der Waals surface area contributed by atoms with Gasteiger partial charge >= 0.3 is 0 Å². The monoisotopic (exact) mass is 574 g/mol. The highest BCUT2D eigenvalue weighted by atomic mass is 35.5. The van der Waals surface area contributed by atoms with Crippen LogP contribution in [0.5, 0.6) is 11.5 Å². The van der Waals surface area contributed by atoms with E-state index in [2.05, 4.69) is 6.92 Å². The Morgan fingerprint density at radius 3 is 2.29 bits per heavy atom. The molecule has 2 amide bonds. The van der Waals surface area contributed by atoms with Crippen molar-refractivity contribution in [3.8, 4) is 11.5 Å². The molecule has 3 atom stereocenters. The van der Waals surface area contributed by atoms with Crippen LogP contribution in [0.3, 0.4) is 0 Å². The van der Waals surface area contributed by atoms with E-state index in [9.17, 15) is 9.59 Å². The Morgan fingerprint density at radius 1 is 0.868 bits per heavy atom. The van der Waals surface area contributed by atoms with Crippen LogP contribution in [-0.2, 0) is 14.4 Å². The second-order valence-corrected chi connectivity index (χ2v) is 10.3. The fraction of sp³-hybridized carbons (Fsp3) is 0.286. The van der Waals surface area contributed by atoms with Crippen LogP contribution in [0.4, 0.5) is 11.4 Å². The van der Waals surface area contributed by atoms with Gasteiger partial charge in [-0.3, -0.25) is 14.4 Å². The first kappa shape index (κ1) is 26.6. The summed E-state index contributed by atoms with van der Waals surface area (Å²) in [5, 5.41) is 2.72. The molecule has 0 unspecified atom stereocenters. The van der Waals surface area contributed by atoms with Gasteiger partial charge in [0.25, 0.3) is 5.91 Å². The fourth-order valence-electron chi connectivity index (χ4n) is 4.76. The normalized spacial score (nSPS) is 20.7. The van der Waals surface area contributed by atoms with E-state index in [0.29, 0.717) is 39.5 Å². The quantitative estimate of drug-likeness (QED) is 0.215. The first-order valence-corrected chi connectivity index (χ1v) is 13.3. The number of anilines is 2. The van der Waals surface area contributed by atoms with E-state index in [1.165, 1.54) is 6.07 Å². The van der Waals surface area contributed by atoms with Crippen LogP contribution < -0.4 is 19.4 Å². The van der Waals surface area contributed by atoms with Crippen LogP contribution in [-0.4, -0.2) is 31.6 Å². The van der Waals surface area contributed by atoms with Crippen LogP contribution in [0.25, 0.3) is 0 Å². The van der Waals surface area contributed by atoms with Crippen molar-refractivity contribution in [1.82, 2.24) is 0 Å². The molecule has 2 fully saturated rings. The number of halogens is 3. The molecule has 38 heavy (non-hydrogen) atoms. The number of benzene rings is 3. The average molecular weight is 576 g/mol. The number of hydroxylamine groups is 1. The van der Waals surface area contributed by atoms with Gasteiger partial charge in [0.1, 0.15) is 5.92 Å². The van der Waals surface area contributed by atoms with Crippen LogP contribution in [0.15, 0.2) is 60.7 Å². The number of hydrogen-bond donors (Lipinski definition) is 0. The standard InChI is InChI=1S/C28H25Cl3N2O5/c1-3-4-13-37-22-12-5-16(14-23(22)36-2)25-24-26(38-33(25)18-8-6-17(29)7-9-18)28(35)32(27(24)34)19-10-11-20(30)21(31)15-19/h5-12,14-15,24-26H,3-4,13H2,1-2H3/t24-,25-,26-/m0/s1. The van der Waals surface area contributed by atoms with Crippen molar-refractivity contribution in [2.45, 2.75) is 31.9 Å². The molecule has 0 aliphatic carbocycles. The van der Waals surface area contributed by atoms with Crippen molar-refractivity contribution >= 4 is 58.0 Å². The van der Waals surface area contributed by atoms with Gasteiger partial charge in [-0.25, -0.2) is 9.96 Å². The third-order valence-corrected chi connectivity index (χ3v) is 7.63. The van der Waals surface area contributed by atoms with Crippen LogP contribution in [0.2, 0.25) is 15.1 Å². The molecular weight excluding hydrogens is 551 g/mol. The number of amides is 2. The molecule has 0 aromatic heterocycles. The number of carbonyl (C=O) groups excluding carboxylic acids is 2. The zero-order valence-electron chi connectivity index (χ0n) is 20.7. The number of rotatable bonds is 8. The number of imide groups is 1. The second kappa shape index (κ2) is 11.0. The van der Waals surface area contributed by atoms with E-state index >= 15 is 0 Å². The fourth-order valence-corrected chi connectivity index (χ4v) is 5.18. The summed E-state index contributed by atoms with van der Waals surface area (Å²) in [5.74, 6) is -0.585. The van der Waals surface area contributed by atoms with Crippen LogP contribution in [0.1, 0.15) is 31.4 Å². The summed E-state index contributed by atoms with van der Waals surface area (Å²) in [7, 11) is 1.56. The van der Waals surface area contributed by atoms with E-state index in [1.807, 2.05) is 18.2 Å². The third kappa shape index (κ3) is 4.80. The van der Waals surface area contributed by atoms with Gasteiger partial charge in [0.15, 0.2) is 17.6 Å². The minimum absolute atomic E-state index is 0.241. The molecule has 0 bridgehead atoms.